The Bertz CT molecular complexity index is 894. The third-order valence-electron chi connectivity index (χ3n) is 4.51. The van der Waals surface area contributed by atoms with Crippen LogP contribution in [0.3, 0.4) is 0 Å². The van der Waals surface area contributed by atoms with Gasteiger partial charge in [-0.25, -0.2) is 0 Å². The molecule has 0 aliphatic heterocycles. The predicted octanol–water partition coefficient (Wildman–Crippen LogP) is 4.21. The fraction of sp³-hybridized carbons (Fsp3) is 0.350. The number of nitrogens with one attached hydrogen (secondary N) is 3. The van der Waals surface area contributed by atoms with E-state index in [1.165, 1.54) is 22.2 Å². The molecule has 6 heteroatoms. The molecule has 0 fully saturated rings. The molecule has 3 rings (SSSR count). The van der Waals surface area contributed by atoms with Gasteiger partial charge in [0, 0.05) is 42.3 Å². The first kappa shape index (κ1) is 20.4. The number of H-pyrrole nitrogens is 1. The van der Waals surface area contributed by atoms with E-state index >= 15 is 0 Å². The van der Waals surface area contributed by atoms with E-state index in [4.69, 9.17) is 4.42 Å². The van der Waals surface area contributed by atoms with Crippen LogP contribution in [0.15, 0.2) is 39.7 Å². The van der Waals surface area contributed by atoms with E-state index in [0.29, 0.717) is 6.54 Å². The highest BCUT2D eigenvalue weighted by Crippen LogP contribution is 2.21. The van der Waals surface area contributed by atoms with E-state index in [1.807, 2.05) is 13.8 Å². The fourth-order valence-corrected chi connectivity index (χ4v) is 3.22. The summed E-state index contributed by atoms with van der Waals surface area (Å²) >= 11 is 0. The number of aliphatic imine (C=N–C) groups is 1. The molecule has 2 aromatic heterocycles. The summed E-state index contributed by atoms with van der Waals surface area (Å²) in [6, 6.07) is 10.5. The number of fused-ring (bicyclic) bond motifs is 1. The molecule has 0 amide bonds. The maximum atomic E-state index is 5.56. The maximum absolute atomic E-state index is 5.56. The van der Waals surface area contributed by atoms with Crippen molar-refractivity contribution in [1.29, 1.82) is 0 Å². The van der Waals surface area contributed by atoms with Crippen LogP contribution in [-0.4, -0.2) is 24.5 Å². The first-order valence-corrected chi connectivity index (χ1v) is 8.65. The van der Waals surface area contributed by atoms with E-state index in [-0.39, 0.29) is 24.0 Å². The zero-order chi connectivity index (χ0) is 17.8. The third-order valence-corrected chi connectivity index (χ3v) is 4.51. The van der Waals surface area contributed by atoms with Crippen molar-refractivity contribution in [2.75, 3.05) is 13.6 Å². The fourth-order valence-electron chi connectivity index (χ4n) is 3.22. The molecule has 0 radical (unpaired) electrons. The number of guanidine groups is 1. The van der Waals surface area contributed by atoms with Gasteiger partial charge in [0.25, 0.3) is 0 Å². The molecule has 0 spiro atoms. The largest absolute Gasteiger partial charge is 0.466 e. The topological polar surface area (TPSA) is 65.3 Å². The summed E-state index contributed by atoms with van der Waals surface area (Å²) in [6.45, 7) is 7.61. The normalized spacial score (nSPS) is 11.5. The Labute approximate surface area is 171 Å². The third kappa shape index (κ3) is 4.60. The SMILES string of the molecule is CN=C(NCCc1c(C)[nH]c2ccccc12)NCc1cc(C)oc1C.I. The van der Waals surface area contributed by atoms with Gasteiger partial charge in [-0.05, 0) is 44.9 Å². The molecule has 0 unspecified atom stereocenters. The van der Waals surface area contributed by atoms with Crippen LogP contribution >= 0.6 is 24.0 Å². The van der Waals surface area contributed by atoms with E-state index in [9.17, 15) is 0 Å². The van der Waals surface area contributed by atoms with Crippen LogP contribution in [0.1, 0.15) is 28.3 Å². The number of benzene rings is 1. The van der Waals surface area contributed by atoms with Gasteiger partial charge in [0.05, 0.1) is 0 Å². The summed E-state index contributed by atoms with van der Waals surface area (Å²) in [6.07, 6.45) is 0.945. The molecule has 0 bridgehead atoms. The van der Waals surface area contributed by atoms with Crippen LogP contribution in [0.5, 0.6) is 0 Å². The average molecular weight is 466 g/mol. The van der Waals surface area contributed by atoms with Crippen LogP contribution in [-0.2, 0) is 13.0 Å². The number of aromatic nitrogens is 1. The van der Waals surface area contributed by atoms with Gasteiger partial charge in [-0.3, -0.25) is 4.99 Å². The monoisotopic (exact) mass is 466 g/mol. The smallest absolute Gasteiger partial charge is 0.191 e. The number of hydrogen-bond donors (Lipinski definition) is 3. The summed E-state index contributed by atoms with van der Waals surface area (Å²) in [7, 11) is 1.79. The van der Waals surface area contributed by atoms with Gasteiger partial charge >= 0.3 is 0 Å². The Balaban J connectivity index is 0.00000243. The standard InChI is InChI=1S/C20H26N4O.HI/c1-13-11-16(15(3)25-13)12-23-20(21-4)22-10-9-17-14(2)24-19-8-6-5-7-18(17)19;/h5-8,11,24H,9-10,12H2,1-4H3,(H2,21,22,23);1H. The van der Waals surface area contributed by atoms with Gasteiger partial charge in [0.2, 0.25) is 0 Å². The Morgan fingerprint density at radius 3 is 2.62 bits per heavy atom. The Morgan fingerprint density at radius 1 is 1.15 bits per heavy atom. The molecule has 3 N–H and O–H groups in total. The molecular weight excluding hydrogens is 439 g/mol. The van der Waals surface area contributed by atoms with Gasteiger partial charge in [0.1, 0.15) is 11.5 Å². The summed E-state index contributed by atoms with van der Waals surface area (Å²) < 4.78 is 5.56. The highest BCUT2D eigenvalue weighted by atomic mass is 127. The number of rotatable bonds is 5. The predicted molar refractivity (Wildman–Crippen MR) is 119 cm³/mol. The highest BCUT2D eigenvalue weighted by Gasteiger charge is 2.09. The maximum Gasteiger partial charge on any atom is 0.191 e. The molecule has 5 nitrogen and oxygen atoms in total. The quantitative estimate of drug-likeness (QED) is 0.300. The average Bonchev–Trinajstić information content (AvgIpc) is 3.09. The van der Waals surface area contributed by atoms with Gasteiger partial charge in [-0.1, -0.05) is 18.2 Å². The number of aromatic amines is 1. The number of aryl methyl sites for hydroxylation is 3. The van der Waals surface area contributed by atoms with Crippen molar-refractivity contribution in [3.63, 3.8) is 0 Å². The number of furan rings is 1. The Kier molecular flexibility index (Phi) is 7.14. The lowest BCUT2D eigenvalue weighted by molar-refractivity contribution is 0.500. The van der Waals surface area contributed by atoms with Crippen LogP contribution in [0.25, 0.3) is 10.9 Å². The van der Waals surface area contributed by atoms with Crippen molar-refractivity contribution in [3.05, 3.63) is 58.7 Å². The van der Waals surface area contributed by atoms with Crippen LogP contribution < -0.4 is 10.6 Å². The second-order valence-electron chi connectivity index (χ2n) is 6.32. The van der Waals surface area contributed by atoms with Gasteiger partial charge in [-0.15, -0.1) is 24.0 Å². The number of hydrogen-bond acceptors (Lipinski definition) is 2. The molecule has 0 saturated carbocycles. The second-order valence-corrected chi connectivity index (χ2v) is 6.32. The number of halogens is 1. The highest BCUT2D eigenvalue weighted by molar-refractivity contribution is 14.0. The molecular formula is C20H27IN4O. The van der Waals surface area contributed by atoms with Crippen LogP contribution in [0.2, 0.25) is 0 Å². The second kappa shape index (κ2) is 9.12. The number of nitrogens with zero attached hydrogens (tertiary/aromatic N) is 1. The molecule has 3 aromatic rings. The van der Waals surface area contributed by atoms with E-state index in [2.05, 4.69) is 57.9 Å². The minimum Gasteiger partial charge on any atom is -0.466 e. The number of para-hydroxylation sites is 1. The van der Waals surface area contributed by atoms with Gasteiger partial charge in [-0.2, -0.15) is 0 Å². The van der Waals surface area contributed by atoms with Crippen molar-refractivity contribution in [2.24, 2.45) is 4.99 Å². The van der Waals surface area contributed by atoms with Crippen molar-refractivity contribution in [3.8, 4) is 0 Å². The lowest BCUT2D eigenvalue weighted by atomic mass is 10.1. The summed E-state index contributed by atoms with van der Waals surface area (Å²) in [5.74, 6) is 2.69. The lowest BCUT2D eigenvalue weighted by Crippen LogP contribution is -2.37. The molecule has 2 heterocycles. The van der Waals surface area contributed by atoms with E-state index in [1.54, 1.807) is 7.05 Å². The van der Waals surface area contributed by atoms with Crippen molar-refractivity contribution in [2.45, 2.75) is 33.7 Å². The van der Waals surface area contributed by atoms with Crippen LogP contribution in [0.4, 0.5) is 0 Å². The van der Waals surface area contributed by atoms with Gasteiger partial charge in [0.15, 0.2) is 5.96 Å². The molecule has 0 atom stereocenters. The molecule has 0 aliphatic rings. The first-order valence-electron chi connectivity index (χ1n) is 8.65. The van der Waals surface area contributed by atoms with Crippen LogP contribution in [0, 0.1) is 20.8 Å². The summed E-state index contributed by atoms with van der Waals surface area (Å²) in [5, 5.41) is 8.03. The molecule has 26 heavy (non-hydrogen) atoms. The molecule has 1 aromatic carbocycles. The Morgan fingerprint density at radius 2 is 1.92 bits per heavy atom. The molecule has 0 aliphatic carbocycles. The zero-order valence-electron chi connectivity index (χ0n) is 15.8. The molecule has 0 saturated heterocycles. The minimum absolute atomic E-state index is 0. The summed E-state index contributed by atoms with van der Waals surface area (Å²) in [5.41, 5.74) is 4.95. The zero-order valence-corrected chi connectivity index (χ0v) is 18.1. The van der Waals surface area contributed by atoms with E-state index < -0.39 is 0 Å². The summed E-state index contributed by atoms with van der Waals surface area (Å²) in [4.78, 5) is 7.75. The van der Waals surface area contributed by atoms with E-state index in [0.717, 1.165) is 36.0 Å². The van der Waals surface area contributed by atoms with Crippen molar-refractivity contribution < 1.29 is 4.42 Å². The first-order chi connectivity index (χ1) is 12.1. The van der Waals surface area contributed by atoms with Gasteiger partial charge < -0.3 is 20.0 Å². The minimum atomic E-state index is 0. The molecule has 140 valence electrons. The Hall–Kier alpha value is -1.96. The van der Waals surface area contributed by atoms with Crippen molar-refractivity contribution >= 4 is 40.8 Å². The lowest BCUT2D eigenvalue weighted by Gasteiger charge is -2.11. The van der Waals surface area contributed by atoms with Crippen molar-refractivity contribution in [1.82, 2.24) is 15.6 Å².